The van der Waals surface area contributed by atoms with E-state index in [4.69, 9.17) is 11.6 Å². The van der Waals surface area contributed by atoms with Gasteiger partial charge in [-0.1, -0.05) is 41.9 Å². The summed E-state index contributed by atoms with van der Waals surface area (Å²) >= 11 is 6.38. The molecule has 1 aliphatic heterocycles. The predicted molar refractivity (Wildman–Crippen MR) is 80.3 cm³/mol. The van der Waals surface area contributed by atoms with Crippen molar-refractivity contribution in [3.8, 4) is 0 Å². The number of hydrogen-bond donors (Lipinski definition) is 1. The molecule has 0 saturated carbocycles. The highest BCUT2D eigenvalue weighted by molar-refractivity contribution is 6.36. The van der Waals surface area contributed by atoms with Crippen LogP contribution in [0.2, 0.25) is 5.02 Å². The van der Waals surface area contributed by atoms with Crippen LogP contribution in [0.4, 0.5) is 5.69 Å². The molecule has 0 fully saturated rings. The molecule has 0 saturated heterocycles. The molecule has 1 aliphatic rings. The van der Waals surface area contributed by atoms with E-state index in [0.717, 1.165) is 10.4 Å². The molecular formula is C16H16ClN. The summed E-state index contributed by atoms with van der Waals surface area (Å²) in [5, 5.41) is 6.72. The molecule has 0 unspecified atom stereocenters. The Kier molecular flexibility index (Phi) is 2.43. The van der Waals surface area contributed by atoms with Gasteiger partial charge in [0.15, 0.2) is 0 Å². The highest BCUT2D eigenvalue weighted by atomic mass is 35.5. The summed E-state index contributed by atoms with van der Waals surface area (Å²) in [4.78, 5) is 0. The first kappa shape index (κ1) is 11.6. The van der Waals surface area contributed by atoms with Gasteiger partial charge in [-0.2, -0.15) is 0 Å². The Morgan fingerprint density at radius 3 is 2.50 bits per heavy atom. The van der Waals surface area contributed by atoms with Gasteiger partial charge in [-0.3, -0.25) is 0 Å². The van der Waals surface area contributed by atoms with E-state index in [9.17, 15) is 0 Å². The van der Waals surface area contributed by atoms with Crippen LogP contribution in [0, 0.1) is 0 Å². The summed E-state index contributed by atoms with van der Waals surface area (Å²) in [7, 11) is 0. The molecule has 0 aliphatic carbocycles. The first-order valence-electron chi connectivity index (χ1n) is 6.17. The first-order chi connectivity index (χ1) is 8.48. The van der Waals surface area contributed by atoms with Crippen LogP contribution in [-0.2, 0) is 0 Å². The molecule has 0 radical (unpaired) electrons. The molecule has 1 nitrogen and oxygen atoms in total. The number of nitrogens with one attached hydrogen (secondary N) is 1. The monoisotopic (exact) mass is 257 g/mol. The Balaban J connectivity index is 2.40. The van der Waals surface area contributed by atoms with Gasteiger partial charge in [0, 0.05) is 21.4 Å². The lowest BCUT2D eigenvalue weighted by atomic mass is 9.89. The fourth-order valence-corrected chi connectivity index (χ4v) is 3.03. The standard InChI is InChI=1S/C16H16ClN/c1-10-9-16(2,3)18-15-12-7-5-4-6-11(12)14(17)8-13(10)15/h4-9,18H,1-3H3. The van der Waals surface area contributed by atoms with E-state index in [0.29, 0.717) is 0 Å². The number of anilines is 1. The molecule has 0 spiro atoms. The zero-order valence-corrected chi connectivity index (χ0v) is 11.6. The minimum absolute atomic E-state index is 0.0202. The van der Waals surface area contributed by atoms with E-state index in [1.165, 1.54) is 22.2 Å². The van der Waals surface area contributed by atoms with Gasteiger partial charge in [0.2, 0.25) is 0 Å². The summed E-state index contributed by atoms with van der Waals surface area (Å²) in [5.41, 5.74) is 3.66. The van der Waals surface area contributed by atoms with Gasteiger partial charge in [0.1, 0.15) is 0 Å². The smallest absolute Gasteiger partial charge is 0.0506 e. The van der Waals surface area contributed by atoms with E-state index in [2.05, 4.69) is 56.4 Å². The van der Waals surface area contributed by atoms with E-state index >= 15 is 0 Å². The second kappa shape index (κ2) is 3.76. The molecule has 0 atom stereocenters. The van der Waals surface area contributed by atoms with Crippen LogP contribution in [-0.4, -0.2) is 5.54 Å². The number of fused-ring (bicyclic) bond motifs is 3. The minimum atomic E-state index is -0.0202. The third kappa shape index (κ3) is 1.70. The van der Waals surface area contributed by atoms with Crippen molar-refractivity contribution in [2.75, 3.05) is 5.32 Å². The average molecular weight is 258 g/mol. The van der Waals surface area contributed by atoms with E-state index in [1.807, 2.05) is 6.07 Å². The van der Waals surface area contributed by atoms with Gasteiger partial charge >= 0.3 is 0 Å². The summed E-state index contributed by atoms with van der Waals surface area (Å²) < 4.78 is 0. The van der Waals surface area contributed by atoms with Gasteiger partial charge in [-0.05, 0) is 32.4 Å². The fraction of sp³-hybridized carbons (Fsp3) is 0.250. The van der Waals surface area contributed by atoms with Crippen LogP contribution in [0.25, 0.3) is 16.3 Å². The second-order valence-electron chi connectivity index (χ2n) is 5.50. The maximum absolute atomic E-state index is 6.38. The Labute approximate surface area is 112 Å². The van der Waals surface area contributed by atoms with Crippen molar-refractivity contribution in [2.24, 2.45) is 0 Å². The Hall–Kier alpha value is -1.47. The highest BCUT2D eigenvalue weighted by Crippen LogP contribution is 2.41. The Bertz CT molecular complexity index is 668. The van der Waals surface area contributed by atoms with Gasteiger partial charge in [0.05, 0.1) is 11.2 Å². The van der Waals surface area contributed by atoms with Crippen molar-refractivity contribution in [1.29, 1.82) is 0 Å². The lowest BCUT2D eigenvalue weighted by Gasteiger charge is -2.32. The molecule has 2 aromatic carbocycles. The lowest BCUT2D eigenvalue weighted by Crippen LogP contribution is -2.31. The summed E-state index contributed by atoms with van der Waals surface area (Å²) in [6.45, 7) is 6.51. The van der Waals surface area contributed by atoms with Crippen molar-refractivity contribution in [3.63, 3.8) is 0 Å². The van der Waals surface area contributed by atoms with Gasteiger partial charge < -0.3 is 5.32 Å². The zero-order chi connectivity index (χ0) is 12.9. The molecular weight excluding hydrogens is 242 g/mol. The molecule has 92 valence electrons. The molecule has 0 aromatic heterocycles. The summed E-state index contributed by atoms with van der Waals surface area (Å²) in [6.07, 6.45) is 2.25. The molecule has 3 rings (SSSR count). The number of allylic oxidation sites excluding steroid dienone is 1. The molecule has 2 heteroatoms. The lowest BCUT2D eigenvalue weighted by molar-refractivity contribution is 0.709. The maximum atomic E-state index is 6.38. The number of benzene rings is 2. The average Bonchev–Trinajstić information content (AvgIpc) is 2.31. The van der Waals surface area contributed by atoms with Crippen molar-refractivity contribution in [1.82, 2.24) is 0 Å². The topological polar surface area (TPSA) is 12.0 Å². The second-order valence-corrected chi connectivity index (χ2v) is 5.91. The third-order valence-corrected chi connectivity index (χ3v) is 3.76. The molecule has 1 heterocycles. The van der Waals surface area contributed by atoms with Gasteiger partial charge in [-0.15, -0.1) is 0 Å². The normalized spacial score (nSPS) is 17.0. The van der Waals surface area contributed by atoms with Crippen molar-refractivity contribution < 1.29 is 0 Å². The first-order valence-corrected chi connectivity index (χ1v) is 6.55. The van der Waals surface area contributed by atoms with E-state index in [1.54, 1.807) is 0 Å². The highest BCUT2D eigenvalue weighted by Gasteiger charge is 2.24. The summed E-state index contributed by atoms with van der Waals surface area (Å²) in [6, 6.07) is 10.3. The SMILES string of the molecule is CC1=CC(C)(C)Nc2c1cc(Cl)c1ccccc21. The fourth-order valence-electron chi connectivity index (χ4n) is 2.75. The molecule has 18 heavy (non-hydrogen) atoms. The van der Waals surface area contributed by atoms with E-state index < -0.39 is 0 Å². The minimum Gasteiger partial charge on any atom is -0.376 e. The predicted octanol–water partition coefficient (Wildman–Crippen LogP) is 5.10. The number of rotatable bonds is 0. The Morgan fingerprint density at radius 2 is 1.78 bits per heavy atom. The van der Waals surface area contributed by atoms with Crippen LogP contribution in [0.5, 0.6) is 0 Å². The number of hydrogen-bond acceptors (Lipinski definition) is 1. The van der Waals surface area contributed by atoms with E-state index in [-0.39, 0.29) is 5.54 Å². The Morgan fingerprint density at radius 1 is 1.11 bits per heavy atom. The largest absolute Gasteiger partial charge is 0.376 e. The van der Waals surface area contributed by atoms with Crippen molar-refractivity contribution in [3.05, 3.63) is 47.0 Å². The zero-order valence-electron chi connectivity index (χ0n) is 10.8. The van der Waals surface area contributed by atoms with Crippen LogP contribution >= 0.6 is 11.6 Å². The van der Waals surface area contributed by atoms with Crippen LogP contribution in [0.15, 0.2) is 36.4 Å². The summed E-state index contributed by atoms with van der Waals surface area (Å²) in [5.74, 6) is 0. The van der Waals surface area contributed by atoms with Crippen LogP contribution in [0.1, 0.15) is 26.3 Å². The molecule has 1 N–H and O–H groups in total. The van der Waals surface area contributed by atoms with Gasteiger partial charge in [-0.25, -0.2) is 0 Å². The quantitative estimate of drug-likeness (QED) is 0.692. The van der Waals surface area contributed by atoms with Crippen molar-refractivity contribution in [2.45, 2.75) is 26.3 Å². The number of halogens is 1. The maximum Gasteiger partial charge on any atom is 0.0506 e. The molecule has 0 bridgehead atoms. The van der Waals surface area contributed by atoms with Crippen molar-refractivity contribution >= 4 is 33.6 Å². The third-order valence-electron chi connectivity index (χ3n) is 3.44. The van der Waals surface area contributed by atoms with Crippen LogP contribution < -0.4 is 5.32 Å². The van der Waals surface area contributed by atoms with Gasteiger partial charge in [0.25, 0.3) is 0 Å². The molecule has 0 amide bonds. The molecule has 2 aromatic rings. The van der Waals surface area contributed by atoms with Crippen LogP contribution in [0.3, 0.4) is 0 Å².